The Labute approximate surface area is 106 Å². The molecular weight excluding hydrogens is 228 g/mol. The fraction of sp³-hybridized carbons (Fsp3) is 0.133. The van der Waals surface area contributed by atoms with Gasteiger partial charge in [0.1, 0.15) is 11.5 Å². The average molecular weight is 242 g/mol. The summed E-state index contributed by atoms with van der Waals surface area (Å²) in [5.41, 5.74) is 2.49. The lowest BCUT2D eigenvalue weighted by Gasteiger charge is -2.08. The Kier molecular flexibility index (Phi) is 3.33. The minimum absolute atomic E-state index is 0.0706. The van der Waals surface area contributed by atoms with Crippen LogP contribution in [0.1, 0.15) is 21.5 Å². The Morgan fingerprint density at radius 3 is 2.56 bits per heavy atom. The third-order valence-corrected chi connectivity index (χ3v) is 2.85. The quantitative estimate of drug-likeness (QED) is 0.649. The minimum Gasteiger partial charge on any atom is -0.508 e. The van der Waals surface area contributed by atoms with E-state index in [1.54, 1.807) is 18.2 Å². The Bertz CT molecular complexity index is 588. The second-order valence-corrected chi connectivity index (χ2v) is 4.13. The van der Waals surface area contributed by atoms with Crippen molar-refractivity contribution < 1.29 is 14.6 Å². The van der Waals surface area contributed by atoms with Crippen molar-refractivity contribution in [2.45, 2.75) is 13.8 Å². The molecular formula is C15H14O3. The lowest BCUT2D eigenvalue weighted by molar-refractivity contribution is 0.0733. The van der Waals surface area contributed by atoms with Crippen molar-refractivity contribution in [3.8, 4) is 11.5 Å². The van der Waals surface area contributed by atoms with E-state index >= 15 is 0 Å². The molecule has 0 radical (unpaired) electrons. The van der Waals surface area contributed by atoms with Gasteiger partial charge in [0, 0.05) is 6.07 Å². The molecule has 0 aliphatic rings. The van der Waals surface area contributed by atoms with Crippen molar-refractivity contribution in [2.75, 3.05) is 0 Å². The molecule has 0 spiro atoms. The lowest BCUT2D eigenvalue weighted by atomic mass is 10.0. The molecule has 3 heteroatoms. The van der Waals surface area contributed by atoms with Gasteiger partial charge in [-0.05, 0) is 43.2 Å². The van der Waals surface area contributed by atoms with E-state index in [4.69, 9.17) is 4.74 Å². The Hall–Kier alpha value is -2.29. The van der Waals surface area contributed by atoms with Crippen molar-refractivity contribution in [2.24, 2.45) is 0 Å². The molecule has 0 aliphatic heterocycles. The van der Waals surface area contributed by atoms with Crippen molar-refractivity contribution in [3.05, 3.63) is 59.2 Å². The highest BCUT2D eigenvalue weighted by Gasteiger charge is 2.12. The molecule has 18 heavy (non-hydrogen) atoms. The molecule has 2 aromatic carbocycles. The van der Waals surface area contributed by atoms with Crippen LogP contribution in [0.15, 0.2) is 42.5 Å². The van der Waals surface area contributed by atoms with Crippen LogP contribution in [0, 0.1) is 13.8 Å². The van der Waals surface area contributed by atoms with E-state index in [-0.39, 0.29) is 5.75 Å². The zero-order valence-electron chi connectivity index (χ0n) is 10.3. The highest BCUT2D eigenvalue weighted by molar-refractivity contribution is 5.92. The maximum absolute atomic E-state index is 12.0. The number of rotatable bonds is 2. The van der Waals surface area contributed by atoms with Gasteiger partial charge in [-0.1, -0.05) is 18.2 Å². The number of benzene rings is 2. The first-order valence-corrected chi connectivity index (χ1v) is 5.65. The second kappa shape index (κ2) is 4.92. The predicted molar refractivity (Wildman–Crippen MR) is 69.0 cm³/mol. The van der Waals surface area contributed by atoms with Gasteiger partial charge in [-0.25, -0.2) is 4.79 Å². The first-order chi connectivity index (χ1) is 8.58. The Balaban J connectivity index is 2.25. The smallest absolute Gasteiger partial charge is 0.343 e. The summed E-state index contributed by atoms with van der Waals surface area (Å²) in [6.07, 6.45) is 0. The molecule has 0 unspecified atom stereocenters. The van der Waals surface area contributed by atoms with Crippen LogP contribution in [0.25, 0.3) is 0 Å². The normalized spacial score (nSPS) is 10.1. The van der Waals surface area contributed by atoms with Crippen LogP contribution in [0.5, 0.6) is 11.5 Å². The van der Waals surface area contributed by atoms with Gasteiger partial charge in [-0.3, -0.25) is 0 Å². The molecule has 0 amide bonds. The number of aromatic hydroxyl groups is 1. The predicted octanol–water partition coefficient (Wildman–Crippen LogP) is 3.23. The molecule has 0 aliphatic carbocycles. The summed E-state index contributed by atoms with van der Waals surface area (Å²) >= 11 is 0. The van der Waals surface area contributed by atoms with Gasteiger partial charge >= 0.3 is 5.97 Å². The summed E-state index contributed by atoms with van der Waals surface area (Å²) < 4.78 is 5.22. The van der Waals surface area contributed by atoms with E-state index < -0.39 is 5.97 Å². The standard InChI is InChI=1S/C15H14O3/c1-10-5-3-8-14(11(10)2)15(17)18-13-7-4-6-12(16)9-13/h3-9,16H,1-2H3. The summed E-state index contributed by atoms with van der Waals surface area (Å²) in [5.74, 6) is -0.0102. The van der Waals surface area contributed by atoms with E-state index in [0.717, 1.165) is 11.1 Å². The second-order valence-electron chi connectivity index (χ2n) is 4.13. The first-order valence-electron chi connectivity index (χ1n) is 5.65. The number of phenols is 1. The summed E-state index contributed by atoms with van der Waals surface area (Å²) in [6, 6.07) is 11.7. The van der Waals surface area contributed by atoms with Crippen molar-refractivity contribution in [3.63, 3.8) is 0 Å². The highest BCUT2D eigenvalue weighted by atomic mass is 16.5. The number of ether oxygens (including phenoxy) is 1. The van der Waals surface area contributed by atoms with E-state index in [2.05, 4.69) is 0 Å². The molecule has 0 saturated heterocycles. The summed E-state index contributed by atoms with van der Waals surface area (Å²) in [4.78, 5) is 12.0. The van der Waals surface area contributed by atoms with Gasteiger partial charge in [-0.2, -0.15) is 0 Å². The van der Waals surface area contributed by atoms with E-state index in [1.165, 1.54) is 12.1 Å². The van der Waals surface area contributed by atoms with Gasteiger partial charge in [0.05, 0.1) is 5.56 Å². The average Bonchev–Trinajstić information content (AvgIpc) is 2.32. The number of carbonyl (C=O) groups is 1. The fourth-order valence-corrected chi connectivity index (χ4v) is 1.68. The van der Waals surface area contributed by atoms with Crippen LogP contribution in [-0.4, -0.2) is 11.1 Å². The zero-order chi connectivity index (χ0) is 13.1. The monoisotopic (exact) mass is 242 g/mol. The maximum Gasteiger partial charge on any atom is 0.343 e. The highest BCUT2D eigenvalue weighted by Crippen LogP contribution is 2.20. The summed E-state index contributed by atoms with van der Waals surface area (Å²) in [6.45, 7) is 3.83. The molecule has 0 atom stereocenters. The third-order valence-electron chi connectivity index (χ3n) is 2.85. The lowest BCUT2D eigenvalue weighted by Crippen LogP contribution is -2.10. The minimum atomic E-state index is -0.415. The molecule has 0 saturated carbocycles. The fourth-order valence-electron chi connectivity index (χ4n) is 1.68. The molecule has 2 aromatic rings. The van der Waals surface area contributed by atoms with Crippen molar-refractivity contribution in [1.29, 1.82) is 0 Å². The number of hydrogen-bond acceptors (Lipinski definition) is 3. The van der Waals surface area contributed by atoms with Crippen molar-refractivity contribution >= 4 is 5.97 Å². The molecule has 0 heterocycles. The van der Waals surface area contributed by atoms with E-state index in [1.807, 2.05) is 26.0 Å². The largest absolute Gasteiger partial charge is 0.508 e. The molecule has 0 fully saturated rings. The number of esters is 1. The van der Waals surface area contributed by atoms with Crippen LogP contribution in [0.2, 0.25) is 0 Å². The van der Waals surface area contributed by atoms with Crippen molar-refractivity contribution in [1.82, 2.24) is 0 Å². The van der Waals surface area contributed by atoms with Gasteiger partial charge in [-0.15, -0.1) is 0 Å². The molecule has 2 rings (SSSR count). The van der Waals surface area contributed by atoms with Crippen LogP contribution in [0.3, 0.4) is 0 Å². The molecule has 0 bridgehead atoms. The molecule has 1 N–H and O–H groups in total. The number of aryl methyl sites for hydroxylation is 1. The molecule has 3 nitrogen and oxygen atoms in total. The Morgan fingerprint density at radius 2 is 1.83 bits per heavy atom. The van der Waals surface area contributed by atoms with E-state index in [9.17, 15) is 9.90 Å². The zero-order valence-corrected chi connectivity index (χ0v) is 10.3. The van der Waals surface area contributed by atoms with Gasteiger partial charge in [0.2, 0.25) is 0 Å². The van der Waals surface area contributed by atoms with Gasteiger partial charge in [0.25, 0.3) is 0 Å². The Morgan fingerprint density at radius 1 is 1.11 bits per heavy atom. The van der Waals surface area contributed by atoms with Crippen LogP contribution in [0.4, 0.5) is 0 Å². The number of phenolic OH excluding ortho intramolecular Hbond substituents is 1. The SMILES string of the molecule is Cc1cccc(C(=O)Oc2cccc(O)c2)c1C. The van der Waals surface area contributed by atoms with Crippen LogP contribution < -0.4 is 4.74 Å². The summed E-state index contributed by atoms with van der Waals surface area (Å²) in [5, 5.41) is 9.30. The number of hydrogen-bond donors (Lipinski definition) is 1. The van der Waals surface area contributed by atoms with E-state index in [0.29, 0.717) is 11.3 Å². The summed E-state index contributed by atoms with van der Waals surface area (Å²) in [7, 11) is 0. The first kappa shape index (κ1) is 12.2. The van der Waals surface area contributed by atoms with Gasteiger partial charge < -0.3 is 9.84 Å². The van der Waals surface area contributed by atoms with Crippen LogP contribution in [-0.2, 0) is 0 Å². The van der Waals surface area contributed by atoms with Crippen LogP contribution >= 0.6 is 0 Å². The number of carbonyl (C=O) groups excluding carboxylic acids is 1. The maximum atomic E-state index is 12.0. The third kappa shape index (κ3) is 2.51. The molecule has 0 aromatic heterocycles. The van der Waals surface area contributed by atoms with Gasteiger partial charge in [0.15, 0.2) is 0 Å². The topological polar surface area (TPSA) is 46.5 Å². The molecule has 92 valence electrons.